The van der Waals surface area contributed by atoms with Crippen LogP contribution in [0.1, 0.15) is 44.8 Å². The molecule has 2 aromatic rings. The Balaban J connectivity index is 2.37. The maximum absolute atomic E-state index is 10.5. The monoisotopic (exact) mass is 321 g/mol. The van der Waals surface area contributed by atoms with Gasteiger partial charge in [-0.1, -0.05) is 54.8 Å². The summed E-state index contributed by atoms with van der Waals surface area (Å²) in [6.07, 6.45) is 4.36. The molecule has 2 nitrogen and oxygen atoms in total. The SMILES string of the molecule is CCC(CC)CC(O)c1ccc(Br)c2cccnc12. The Bertz CT molecular complexity index is 551. The van der Waals surface area contributed by atoms with Gasteiger partial charge in [0.25, 0.3) is 0 Å². The van der Waals surface area contributed by atoms with Gasteiger partial charge in [-0.15, -0.1) is 0 Å². The van der Waals surface area contributed by atoms with Crippen LogP contribution in [0.25, 0.3) is 10.9 Å². The molecule has 1 atom stereocenters. The molecule has 0 saturated carbocycles. The van der Waals surface area contributed by atoms with Crippen molar-refractivity contribution in [1.29, 1.82) is 0 Å². The molecule has 1 aromatic carbocycles. The Labute approximate surface area is 123 Å². The predicted octanol–water partition coefficient (Wildman–Crippen LogP) is 4.86. The number of rotatable bonds is 5. The molecule has 1 heterocycles. The molecular weight excluding hydrogens is 302 g/mol. The van der Waals surface area contributed by atoms with Gasteiger partial charge in [-0.25, -0.2) is 0 Å². The fourth-order valence-electron chi connectivity index (χ4n) is 2.49. The molecule has 0 spiro atoms. The first-order valence-electron chi connectivity index (χ1n) is 6.88. The lowest BCUT2D eigenvalue weighted by atomic mass is 9.92. The largest absolute Gasteiger partial charge is 0.388 e. The van der Waals surface area contributed by atoms with E-state index >= 15 is 0 Å². The third-order valence-electron chi connectivity index (χ3n) is 3.82. The van der Waals surface area contributed by atoms with E-state index in [1.807, 2.05) is 24.3 Å². The van der Waals surface area contributed by atoms with Crippen molar-refractivity contribution in [3.63, 3.8) is 0 Å². The summed E-state index contributed by atoms with van der Waals surface area (Å²) in [7, 11) is 0. The minimum atomic E-state index is -0.435. The third kappa shape index (κ3) is 3.15. The Morgan fingerprint density at radius 3 is 2.63 bits per heavy atom. The summed E-state index contributed by atoms with van der Waals surface area (Å²) in [6.45, 7) is 4.36. The number of benzene rings is 1. The topological polar surface area (TPSA) is 33.1 Å². The number of aliphatic hydroxyl groups excluding tert-OH is 1. The molecule has 19 heavy (non-hydrogen) atoms. The van der Waals surface area contributed by atoms with Gasteiger partial charge in [-0.3, -0.25) is 4.98 Å². The Morgan fingerprint density at radius 2 is 1.95 bits per heavy atom. The standard InChI is InChI=1S/C16H20BrNO/c1-3-11(4-2)10-15(19)13-7-8-14(17)12-6-5-9-18-16(12)13/h5-9,11,15,19H,3-4,10H2,1-2H3. The molecule has 3 heteroatoms. The summed E-state index contributed by atoms with van der Waals surface area (Å²) < 4.78 is 1.02. The fourth-order valence-corrected chi connectivity index (χ4v) is 2.95. The summed E-state index contributed by atoms with van der Waals surface area (Å²) in [4.78, 5) is 4.43. The van der Waals surface area contributed by atoms with E-state index in [2.05, 4.69) is 34.8 Å². The number of halogens is 1. The van der Waals surface area contributed by atoms with Crippen molar-refractivity contribution >= 4 is 26.8 Å². The zero-order chi connectivity index (χ0) is 13.8. The van der Waals surface area contributed by atoms with Gasteiger partial charge in [-0.2, -0.15) is 0 Å². The van der Waals surface area contributed by atoms with Crippen LogP contribution in [0, 0.1) is 5.92 Å². The number of fused-ring (bicyclic) bond motifs is 1. The van der Waals surface area contributed by atoms with Crippen molar-refractivity contribution in [1.82, 2.24) is 4.98 Å². The molecule has 0 bridgehead atoms. The van der Waals surface area contributed by atoms with Gasteiger partial charge in [0, 0.05) is 21.6 Å². The molecule has 0 saturated heterocycles. The molecule has 0 aliphatic carbocycles. The summed E-state index contributed by atoms with van der Waals surface area (Å²) in [5.74, 6) is 0.567. The van der Waals surface area contributed by atoms with E-state index in [0.717, 1.165) is 40.2 Å². The van der Waals surface area contributed by atoms with Crippen LogP contribution in [0.4, 0.5) is 0 Å². The normalized spacial score (nSPS) is 13.1. The third-order valence-corrected chi connectivity index (χ3v) is 4.51. The van der Waals surface area contributed by atoms with Gasteiger partial charge in [0.05, 0.1) is 11.6 Å². The number of nitrogens with zero attached hydrogens (tertiary/aromatic N) is 1. The lowest BCUT2D eigenvalue weighted by molar-refractivity contribution is 0.142. The van der Waals surface area contributed by atoms with Crippen molar-refractivity contribution in [2.24, 2.45) is 5.92 Å². The summed E-state index contributed by atoms with van der Waals surface area (Å²) >= 11 is 3.54. The molecule has 0 aliphatic rings. The highest BCUT2D eigenvalue weighted by molar-refractivity contribution is 9.10. The van der Waals surface area contributed by atoms with Crippen LogP contribution in [0.2, 0.25) is 0 Å². The van der Waals surface area contributed by atoms with E-state index in [9.17, 15) is 5.11 Å². The maximum Gasteiger partial charge on any atom is 0.0813 e. The second kappa shape index (κ2) is 6.49. The van der Waals surface area contributed by atoms with Crippen LogP contribution in [-0.4, -0.2) is 10.1 Å². The Hall–Kier alpha value is -0.930. The first-order valence-corrected chi connectivity index (χ1v) is 7.67. The lowest BCUT2D eigenvalue weighted by Gasteiger charge is -2.19. The summed E-state index contributed by atoms with van der Waals surface area (Å²) in [6, 6.07) is 7.92. The van der Waals surface area contributed by atoms with Crippen LogP contribution in [0.5, 0.6) is 0 Å². The Morgan fingerprint density at radius 1 is 1.21 bits per heavy atom. The minimum Gasteiger partial charge on any atom is -0.388 e. The molecule has 0 fully saturated rings. The van der Waals surface area contributed by atoms with Crippen molar-refractivity contribution in [2.75, 3.05) is 0 Å². The minimum absolute atomic E-state index is 0.435. The highest BCUT2D eigenvalue weighted by atomic mass is 79.9. The van der Waals surface area contributed by atoms with Crippen LogP contribution < -0.4 is 0 Å². The van der Waals surface area contributed by atoms with Crippen LogP contribution in [0.15, 0.2) is 34.9 Å². The number of aliphatic hydroxyl groups is 1. The van der Waals surface area contributed by atoms with Crippen molar-refractivity contribution in [3.8, 4) is 0 Å². The van der Waals surface area contributed by atoms with Gasteiger partial charge in [0.2, 0.25) is 0 Å². The van der Waals surface area contributed by atoms with Gasteiger partial charge in [-0.05, 0) is 24.5 Å². The summed E-state index contributed by atoms with van der Waals surface area (Å²) in [5.41, 5.74) is 1.83. The van der Waals surface area contributed by atoms with Crippen molar-refractivity contribution in [2.45, 2.75) is 39.2 Å². The van der Waals surface area contributed by atoms with Gasteiger partial charge in [0.1, 0.15) is 0 Å². The molecular formula is C16H20BrNO. The average molecular weight is 322 g/mol. The van der Waals surface area contributed by atoms with E-state index in [1.165, 1.54) is 0 Å². The highest BCUT2D eigenvalue weighted by Crippen LogP contribution is 2.32. The molecule has 0 aliphatic heterocycles. The number of aromatic nitrogens is 1. The Kier molecular flexibility index (Phi) is 4.94. The average Bonchev–Trinajstić information content (AvgIpc) is 2.45. The highest BCUT2D eigenvalue weighted by Gasteiger charge is 2.17. The molecule has 1 aromatic heterocycles. The van der Waals surface area contributed by atoms with Crippen molar-refractivity contribution < 1.29 is 5.11 Å². The molecule has 0 radical (unpaired) electrons. The number of hydrogen-bond donors (Lipinski definition) is 1. The van der Waals surface area contributed by atoms with Gasteiger partial charge >= 0.3 is 0 Å². The molecule has 0 amide bonds. The molecule has 102 valence electrons. The fraction of sp³-hybridized carbons (Fsp3) is 0.438. The van der Waals surface area contributed by atoms with Gasteiger partial charge in [0.15, 0.2) is 0 Å². The smallest absolute Gasteiger partial charge is 0.0813 e. The van der Waals surface area contributed by atoms with E-state index in [-0.39, 0.29) is 0 Å². The van der Waals surface area contributed by atoms with E-state index < -0.39 is 6.10 Å². The van der Waals surface area contributed by atoms with E-state index in [4.69, 9.17) is 0 Å². The van der Waals surface area contributed by atoms with E-state index in [1.54, 1.807) is 6.20 Å². The first-order chi connectivity index (χ1) is 9.17. The van der Waals surface area contributed by atoms with Gasteiger partial charge < -0.3 is 5.11 Å². The zero-order valence-electron chi connectivity index (χ0n) is 11.4. The first kappa shape index (κ1) is 14.5. The summed E-state index contributed by atoms with van der Waals surface area (Å²) in [5, 5.41) is 11.5. The van der Waals surface area contributed by atoms with Crippen LogP contribution in [-0.2, 0) is 0 Å². The maximum atomic E-state index is 10.5. The van der Waals surface area contributed by atoms with E-state index in [0.29, 0.717) is 5.92 Å². The quantitative estimate of drug-likeness (QED) is 0.853. The zero-order valence-corrected chi connectivity index (χ0v) is 13.0. The van der Waals surface area contributed by atoms with Crippen molar-refractivity contribution in [3.05, 3.63) is 40.5 Å². The predicted molar refractivity (Wildman–Crippen MR) is 83.1 cm³/mol. The second-order valence-corrected chi connectivity index (χ2v) is 5.82. The number of hydrogen-bond acceptors (Lipinski definition) is 2. The molecule has 1 unspecified atom stereocenters. The molecule has 1 N–H and O–H groups in total. The second-order valence-electron chi connectivity index (χ2n) is 4.97. The molecule has 2 rings (SSSR count). The lowest BCUT2D eigenvalue weighted by Crippen LogP contribution is -2.07. The number of pyridine rings is 1. The van der Waals surface area contributed by atoms with Crippen LogP contribution >= 0.6 is 15.9 Å². The van der Waals surface area contributed by atoms with Crippen LogP contribution in [0.3, 0.4) is 0 Å².